The fraction of sp³-hybridized carbons (Fsp3) is 0.318. The minimum atomic E-state index is -0.641. The Balaban J connectivity index is 1.40. The van der Waals surface area contributed by atoms with Gasteiger partial charge in [-0.2, -0.15) is 0 Å². The number of hydrogen-bond acceptors (Lipinski definition) is 4. The highest BCUT2D eigenvalue weighted by Crippen LogP contribution is 2.56. The number of carbonyl (C=O) groups excluding carboxylic acids is 3. The van der Waals surface area contributed by atoms with Crippen LogP contribution in [-0.4, -0.2) is 17.8 Å². The number of imide groups is 1. The average molecular weight is 430 g/mol. The van der Waals surface area contributed by atoms with Crippen LogP contribution in [0.3, 0.4) is 0 Å². The van der Waals surface area contributed by atoms with Crippen LogP contribution in [0.25, 0.3) is 0 Å². The second-order valence-electron chi connectivity index (χ2n) is 7.91. The molecule has 3 aliphatic rings. The predicted molar refractivity (Wildman–Crippen MR) is 108 cm³/mol. The fourth-order valence-electron chi connectivity index (χ4n) is 5.17. The fourth-order valence-corrected chi connectivity index (χ4v) is 5.65. The summed E-state index contributed by atoms with van der Waals surface area (Å²) in [5.74, 6) is -0.413. The van der Waals surface area contributed by atoms with E-state index in [0.717, 1.165) is 19.3 Å². The first-order chi connectivity index (χ1) is 13.9. The normalized spacial score (nSPS) is 27.4. The molecule has 148 valence electrons. The number of fused-ring (bicyclic) bond motifs is 5. The summed E-state index contributed by atoms with van der Waals surface area (Å²) in [6, 6.07) is 11.0. The predicted octanol–water partition coefficient (Wildman–Crippen LogP) is 4.75. The average Bonchev–Trinajstić information content (AvgIpc) is 3.35. The summed E-state index contributed by atoms with van der Waals surface area (Å²) < 4.78 is 5.42. The molecule has 2 amide bonds. The third-order valence-electron chi connectivity index (χ3n) is 6.36. The zero-order valence-electron chi connectivity index (χ0n) is 15.3. The van der Waals surface area contributed by atoms with E-state index in [2.05, 4.69) is 0 Å². The van der Waals surface area contributed by atoms with Gasteiger partial charge in [0.25, 0.3) is 0 Å². The van der Waals surface area contributed by atoms with E-state index < -0.39 is 5.97 Å². The number of carbonyl (C=O) groups is 3. The van der Waals surface area contributed by atoms with Crippen molar-refractivity contribution in [2.24, 2.45) is 23.7 Å². The smallest absolute Gasteiger partial charge is 0.345 e. The lowest BCUT2D eigenvalue weighted by Crippen LogP contribution is -2.32. The Morgan fingerprint density at radius 2 is 1.66 bits per heavy atom. The number of halogens is 2. The van der Waals surface area contributed by atoms with E-state index in [-0.39, 0.29) is 40.0 Å². The molecule has 5 rings (SSSR count). The molecule has 0 radical (unpaired) electrons. The van der Waals surface area contributed by atoms with Gasteiger partial charge in [-0.15, -0.1) is 0 Å². The van der Waals surface area contributed by atoms with Crippen molar-refractivity contribution in [1.29, 1.82) is 0 Å². The molecule has 29 heavy (non-hydrogen) atoms. The number of benzene rings is 2. The van der Waals surface area contributed by atoms with Crippen LogP contribution in [-0.2, 0) is 9.59 Å². The third-order valence-corrected chi connectivity index (χ3v) is 6.91. The van der Waals surface area contributed by atoms with E-state index in [9.17, 15) is 14.4 Å². The van der Waals surface area contributed by atoms with Crippen LogP contribution in [0.1, 0.15) is 29.6 Å². The maximum Gasteiger partial charge on any atom is 0.345 e. The van der Waals surface area contributed by atoms with E-state index in [1.54, 1.807) is 30.3 Å². The summed E-state index contributed by atoms with van der Waals surface area (Å²) in [4.78, 5) is 39.7. The molecule has 2 bridgehead atoms. The van der Waals surface area contributed by atoms with Crippen LogP contribution < -0.4 is 9.64 Å². The van der Waals surface area contributed by atoms with E-state index in [1.165, 1.54) is 17.0 Å². The number of hydrogen-bond donors (Lipinski definition) is 0. The molecule has 0 aromatic heterocycles. The maximum absolute atomic E-state index is 13.0. The lowest BCUT2D eigenvalue weighted by Gasteiger charge is -2.19. The summed E-state index contributed by atoms with van der Waals surface area (Å²) in [5.41, 5.74) is 0.613. The summed E-state index contributed by atoms with van der Waals surface area (Å²) in [5, 5.41) is 0.603. The van der Waals surface area contributed by atoms with Crippen LogP contribution in [0.2, 0.25) is 10.0 Å². The van der Waals surface area contributed by atoms with Crippen molar-refractivity contribution in [2.45, 2.75) is 19.3 Å². The number of amides is 2. The highest BCUT2D eigenvalue weighted by Gasteiger charge is 2.61. The quantitative estimate of drug-likeness (QED) is 0.401. The number of rotatable bonds is 3. The van der Waals surface area contributed by atoms with Crippen molar-refractivity contribution in [2.75, 3.05) is 4.90 Å². The molecule has 0 N–H and O–H groups in total. The van der Waals surface area contributed by atoms with Crippen molar-refractivity contribution in [3.8, 4) is 5.75 Å². The van der Waals surface area contributed by atoms with Gasteiger partial charge in [-0.05, 0) is 61.4 Å². The first kappa shape index (κ1) is 18.6. The van der Waals surface area contributed by atoms with Crippen LogP contribution in [0.15, 0.2) is 42.5 Å². The molecule has 4 atom stereocenters. The lowest BCUT2D eigenvalue weighted by molar-refractivity contribution is -0.123. The molecular weight excluding hydrogens is 413 g/mol. The summed E-state index contributed by atoms with van der Waals surface area (Å²) in [6.45, 7) is 0. The zero-order valence-corrected chi connectivity index (χ0v) is 16.8. The molecule has 0 spiro atoms. The van der Waals surface area contributed by atoms with Crippen LogP contribution >= 0.6 is 23.2 Å². The van der Waals surface area contributed by atoms with Gasteiger partial charge in [0.2, 0.25) is 11.8 Å². The maximum atomic E-state index is 13.0. The minimum absolute atomic E-state index is 0.128. The molecule has 2 aromatic carbocycles. The topological polar surface area (TPSA) is 63.7 Å². The minimum Gasteiger partial charge on any atom is -0.423 e. The van der Waals surface area contributed by atoms with Gasteiger partial charge in [0, 0.05) is 11.1 Å². The van der Waals surface area contributed by atoms with Gasteiger partial charge < -0.3 is 4.74 Å². The largest absolute Gasteiger partial charge is 0.423 e. The summed E-state index contributed by atoms with van der Waals surface area (Å²) in [7, 11) is 0. The molecule has 1 aliphatic heterocycles. The Morgan fingerprint density at radius 1 is 0.966 bits per heavy atom. The molecule has 7 heteroatoms. The second kappa shape index (κ2) is 6.85. The van der Waals surface area contributed by atoms with Crippen molar-refractivity contribution >= 4 is 46.7 Å². The molecule has 1 heterocycles. The third kappa shape index (κ3) is 2.95. The Kier molecular flexibility index (Phi) is 4.41. The van der Waals surface area contributed by atoms with Crippen LogP contribution in [0, 0.1) is 23.7 Å². The monoisotopic (exact) mass is 429 g/mol. The van der Waals surface area contributed by atoms with Crippen molar-refractivity contribution < 1.29 is 19.1 Å². The van der Waals surface area contributed by atoms with E-state index in [0.29, 0.717) is 22.5 Å². The molecule has 2 aliphatic carbocycles. The molecule has 2 saturated carbocycles. The molecular formula is C22H17Cl2NO4. The van der Waals surface area contributed by atoms with Gasteiger partial charge in [0.05, 0.1) is 28.1 Å². The molecule has 1 saturated heterocycles. The Bertz CT molecular complexity index is 1020. The number of anilines is 1. The zero-order chi connectivity index (χ0) is 20.3. The highest BCUT2D eigenvalue weighted by molar-refractivity contribution is 6.36. The van der Waals surface area contributed by atoms with E-state index >= 15 is 0 Å². The molecule has 4 unspecified atom stereocenters. The summed E-state index contributed by atoms with van der Waals surface area (Å²) >= 11 is 11.9. The molecule has 5 nitrogen and oxygen atoms in total. The van der Waals surface area contributed by atoms with Gasteiger partial charge in [0.1, 0.15) is 5.75 Å². The van der Waals surface area contributed by atoms with E-state index in [4.69, 9.17) is 27.9 Å². The van der Waals surface area contributed by atoms with Gasteiger partial charge in [-0.1, -0.05) is 29.3 Å². The summed E-state index contributed by atoms with van der Waals surface area (Å²) in [6.07, 6.45) is 3.04. The first-order valence-electron chi connectivity index (χ1n) is 9.59. The van der Waals surface area contributed by atoms with Crippen molar-refractivity contribution in [3.63, 3.8) is 0 Å². The number of nitrogens with zero attached hydrogens (tertiary/aromatic N) is 1. The van der Waals surface area contributed by atoms with Gasteiger partial charge >= 0.3 is 5.97 Å². The highest BCUT2D eigenvalue weighted by atomic mass is 35.5. The standard InChI is InChI=1S/C22H17Cl2NO4/c23-13-6-7-16(17(24)9-13)22(28)29-15-3-1-2-14(10-15)25-20(26)18-11-4-5-12(8-11)19(18)21(25)27/h1-3,6-7,9-12,18-19H,4-5,8H2. The van der Waals surface area contributed by atoms with Gasteiger partial charge in [0.15, 0.2) is 0 Å². The van der Waals surface area contributed by atoms with E-state index in [1.807, 2.05) is 0 Å². The SMILES string of the molecule is O=C(Oc1cccc(N2C(=O)C3C4CCC(C4)C3C2=O)c1)c1ccc(Cl)cc1Cl. The molecule has 2 aromatic rings. The molecule has 3 fully saturated rings. The van der Waals surface area contributed by atoms with Crippen LogP contribution in [0.5, 0.6) is 5.75 Å². The lowest BCUT2D eigenvalue weighted by atomic mass is 9.81. The van der Waals surface area contributed by atoms with Gasteiger partial charge in [-0.25, -0.2) is 9.69 Å². The van der Waals surface area contributed by atoms with Crippen LogP contribution in [0.4, 0.5) is 5.69 Å². The number of esters is 1. The Hall–Kier alpha value is -2.37. The van der Waals surface area contributed by atoms with Gasteiger partial charge in [-0.3, -0.25) is 9.59 Å². The Labute approximate surface area is 177 Å². The van der Waals surface area contributed by atoms with Crippen molar-refractivity contribution in [1.82, 2.24) is 0 Å². The second-order valence-corrected chi connectivity index (χ2v) is 8.75. The van der Waals surface area contributed by atoms with Crippen molar-refractivity contribution in [3.05, 3.63) is 58.1 Å². The first-order valence-corrected chi connectivity index (χ1v) is 10.3. The number of ether oxygens (including phenoxy) is 1. The Morgan fingerprint density at radius 3 is 2.31 bits per heavy atom.